The molecule has 1 saturated carbocycles. The number of hydrogen-bond acceptors (Lipinski definition) is 6. The van der Waals surface area contributed by atoms with Crippen molar-refractivity contribution in [3.05, 3.63) is 47.5 Å². The van der Waals surface area contributed by atoms with Gasteiger partial charge in [-0.3, -0.25) is 4.79 Å². The highest BCUT2D eigenvalue weighted by atomic mass is 19.4. The number of amides is 1. The molecule has 1 fully saturated rings. The molecule has 7 nitrogen and oxygen atoms in total. The van der Waals surface area contributed by atoms with Crippen LogP contribution in [0.2, 0.25) is 0 Å². The molecule has 10 heteroatoms. The van der Waals surface area contributed by atoms with E-state index in [0.717, 1.165) is 12.8 Å². The quantitative estimate of drug-likeness (QED) is 0.617. The molecule has 3 aromatic rings. The van der Waals surface area contributed by atoms with Crippen molar-refractivity contribution in [1.82, 2.24) is 15.3 Å². The van der Waals surface area contributed by atoms with Crippen molar-refractivity contribution >= 4 is 22.8 Å². The molecular formula is C20H19F3N4O3. The number of rotatable bonds is 6. The monoisotopic (exact) mass is 420 g/mol. The normalized spacial score (nSPS) is 15.1. The molecule has 0 spiro atoms. The number of carbonyl (C=O) groups excluding carboxylic acids is 1. The fraction of sp³-hybridized carbons (Fsp3) is 0.350. The number of nitrogens with zero attached hydrogens (tertiary/aromatic N) is 2. The Kier molecular flexibility index (Phi) is 4.79. The number of carbonyl (C=O) groups is 1. The number of anilines is 1. The van der Waals surface area contributed by atoms with Crippen molar-refractivity contribution in [2.75, 3.05) is 5.32 Å². The highest BCUT2D eigenvalue weighted by molar-refractivity contribution is 6.10. The number of halogens is 3. The molecule has 2 aromatic heterocycles. The van der Waals surface area contributed by atoms with Crippen LogP contribution in [0.3, 0.4) is 0 Å². The van der Waals surface area contributed by atoms with Crippen molar-refractivity contribution in [1.29, 1.82) is 0 Å². The Hall–Kier alpha value is -3.30. The molecule has 30 heavy (non-hydrogen) atoms. The van der Waals surface area contributed by atoms with E-state index in [1.807, 2.05) is 0 Å². The lowest BCUT2D eigenvalue weighted by atomic mass is 10.1. The van der Waals surface area contributed by atoms with Gasteiger partial charge in [0.15, 0.2) is 0 Å². The molecule has 1 amide bonds. The van der Waals surface area contributed by atoms with Crippen LogP contribution < -0.4 is 15.4 Å². The topological polar surface area (TPSA) is 89.3 Å². The van der Waals surface area contributed by atoms with Crippen LogP contribution in [0.4, 0.5) is 19.0 Å². The first-order valence-electron chi connectivity index (χ1n) is 9.29. The van der Waals surface area contributed by atoms with E-state index in [2.05, 4.69) is 32.3 Å². The molecule has 0 unspecified atom stereocenters. The van der Waals surface area contributed by atoms with Crippen LogP contribution >= 0.6 is 0 Å². The molecule has 0 radical (unpaired) electrons. The molecule has 0 atom stereocenters. The van der Waals surface area contributed by atoms with Crippen LogP contribution in [0.5, 0.6) is 5.75 Å². The highest BCUT2D eigenvalue weighted by Gasteiger charge is 2.38. The summed E-state index contributed by atoms with van der Waals surface area (Å²) in [6.07, 6.45) is -1.36. The fourth-order valence-corrected chi connectivity index (χ4v) is 3.09. The molecule has 1 aromatic carbocycles. The maximum Gasteiger partial charge on any atom is 0.573 e. The van der Waals surface area contributed by atoms with Gasteiger partial charge in [0.25, 0.3) is 5.91 Å². The molecule has 158 valence electrons. The minimum absolute atomic E-state index is 0.0551. The Bertz CT molecular complexity index is 1090. The number of furan rings is 1. The number of ether oxygens (including phenoxy) is 1. The molecule has 1 aliphatic rings. The van der Waals surface area contributed by atoms with E-state index in [-0.39, 0.29) is 23.7 Å². The summed E-state index contributed by atoms with van der Waals surface area (Å²) in [5, 5.41) is 6.62. The summed E-state index contributed by atoms with van der Waals surface area (Å²) in [5.74, 6) is 0.230. The van der Waals surface area contributed by atoms with Crippen LogP contribution in [0.15, 0.2) is 35.0 Å². The number of benzene rings is 1. The van der Waals surface area contributed by atoms with E-state index in [1.165, 1.54) is 30.6 Å². The van der Waals surface area contributed by atoms with Gasteiger partial charge in [-0.25, -0.2) is 9.97 Å². The van der Waals surface area contributed by atoms with E-state index in [0.29, 0.717) is 33.8 Å². The third kappa shape index (κ3) is 4.32. The second-order valence-corrected chi connectivity index (χ2v) is 7.50. The second kappa shape index (κ2) is 7.19. The fourth-order valence-electron chi connectivity index (χ4n) is 3.09. The van der Waals surface area contributed by atoms with Crippen molar-refractivity contribution in [3.8, 4) is 5.75 Å². The SMILES string of the molecule is Cc1oc2ncnc(NC3(C)CC3)c2c1C(=O)NCc1ccc(OC(F)(F)F)cc1. The lowest BCUT2D eigenvalue weighted by molar-refractivity contribution is -0.274. The molecule has 2 heterocycles. The predicted octanol–water partition coefficient (Wildman–Crippen LogP) is 4.32. The van der Waals surface area contributed by atoms with Crippen LogP contribution in [0.1, 0.15) is 41.4 Å². The molecule has 1 aliphatic carbocycles. The molecule has 2 N–H and O–H groups in total. The summed E-state index contributed by atoms with van der Waals surface area (Å²) in [6.45, 7) is 3.85. The summed E-state index contributed by atoms with van der Waals surface area (Å²) in [7, 11) is 0. The second-order valence-electron chi connectivity index (χ2n) is 7.50. The van der Waals surface area contributed by atoms with Crippen molar-refractivity contribution < 1.29 is 27.1 Å². The zero-order valence-electron chi connectivity index (χ0n) is 16.3. The van der Waals surface area contributed by atoms with E-state index in [4.69, 9.17) is 4.42 Å². The van der Waals surface area contributed by atoms with E-state index in [9.17, 15) is 18.0 Å². The van der Waals surface area contributed by atoms with Gasteiger partial charge in [-0.05, 0) is 44.4 Å². The zero-order valence-corrected chi connectivity index (χ0v) is 16.3. The van der Waals surface area contributed by atoms with Crippen LogP contribution in [0, 0.1) is 6.92 Å². The number of nitrogens with one attached hydrogen (secondary N) is 2. The number of hydrogen-bond donors (Lipinski definition) is 2. The Labute approximate surface area is 169 Å². The van der Waals surface area contributed by atoms with Crippen molar-refractivity contribution in [2.24, 2.45) is 0 Å². The lowest BCUT2D eigenvalue weighted by Crippen LogP contribution is -2.24. The van der Waals surface area contributed by atoms with Gasteiger partial charge in [0.1, 0.15) is 23.7 Å². The number of aryl methyl sites for hydroxylation is 1. The summed E-state index contributed by atoms with van der Waals surface area (Å²) in [4.78, 5) is 21.3. The van der Waals surface area contributed by atoms with Gasteiger partial charge in [0.05, 0.1) is 10.9 Å². The predicted molar refractivity (Wildman–Crippen MR) is 102 cm³/mol. The van der Waals surface area contributed by atoms with E-state index < -0.39 is 6.36 Å². The van der Waals surface area contributed by atoms with Crippen LogP contribution in [-0.4, -0.2) is 27.8 Å². The highest BCUT2D eigenvalue weighted by Crippen LogP contribution is 2.40. The summed E-state index contributed by atoms with van der Waals surface area (Å²) in [5.41, 5.74) is 1.20. The van der Waals surface area contributed by atoms with Gasteiger partial charge in [-0.15, -0.1) is 13.2 Å². The van der Waals surface area contributed by atoms with Gasteiger partial charge >= 0.3 is 6.36 Å². The molecule has 4 rings (SSSR count). The average molecular weight is 420 g/mol. The van der Waals surface area contributed by atoms with Crippen molar-refractivity contribution in [2.45, 2.75) is 45.1 Å². The van der Waals surface area contributed by atoms with E-state index in [1.54, 1.807) is 6.92 Å². The molecule has 0 bridgehead atoms. The summed E-state index contributed by atoms with van der Waals surface area (Å²) < 4.78 is 46.2. The smallest absolute Gasteiger partial charge is 0.442 e. The standard InChI is InChI=1S/C20H19F3N4O3/c1-11-14(15-16(27-19(2)7-8-19)25-10-26-18(15)29-11)17(28)24-9-12-3-5-13(6-4-12)30-20(21,22)23/h3-6,10H,7-9H2,1-2H3,(H,24,28)(H,25,26,27). The average Bonchev–Trinajstić information content (AvgIpc) is 3.28. The first-order valence-corrected chi connectivity index (χ1v) is 9.29. The number of fused-ring (bicyclic) bond motifs is 1. The minimum atomic E-state index is -4.75. The Balaban J connectivity index is 1.51. The third-order valence-corrected chi connectivity index (χ3v) is 4.92. The first kappa shape index (κ1) is 20.0. The van der Waals surface area contributed by atoms with Gasteiger partial charge in [0.2, 0.25) is 5.71 Å². The molecule has 0 saturated heterocycles. The molecular weight excluding hydrogens is 401 g/mol. The minimum Gasteiger partial charge on any atom is -0.442 e. The Morgan fingerprint density at radius 3 is 2.57 bits per heavy atom. The van der Waals surface area contributed by atoms with Crippen LogP contribution in [0.25, 0.3) is 11.1 Å². The van der Waals surface area contributed by atoms with Crippen molar-refractivity contribution in [3.63, 3.8) is 0 Å². The summed E-state index contributed by atoms with van der Waals surface area (Å²) >= 11 is 0. The largest absolute Gasteiger partial charge is 0.573 e. The lowest BCUT2D eigenvalue weighted by Gasteiger charge is -2.13. The third-order valence-electron chi connectivity index (χ3n) is 4.92. The number of alkyl halides is 3. The van der Waals surface area contributed by atoms with Gasteiger partial charge in [0, 0.05) is 12.1 Å². The van der Waals surface area contributed by atoms with Gasteiger partial charge < -0.3 is 19.8 Å². The van der Waals surface area contributed by atoms with Crippen LogP contribution in [-0.2, 0) is 6.54 Å². The Morgan fingerprint density at radius 1 is 1.23 bits per heavy atom. The summed E-state index contributed by atoms with van der Waals surface area (Å²) in [6, 6.07) is 5.29. The Morgan fingerprint density at radius 2 is 1.93 bits per heavy atom. The number of aromatic nitrogens is 2. The maximum atomic E-state index is 12.9. The maximum absolute atomic E-state index is 12.9. The van der Waals surface area contributed by atoms with Gasteiger partial charge in [-0.2, -0.15) is 0 Å². The molecule has 0 aliphatic heterocycles. The first-order chi connectivity index (χ1) is 14.1. The van der Waals surface area contributed by atoms with E-state index >= 15 is 0 Å². The zero-order chi connectivity index (χ0) is 21.5. The van der Waals surface area contributed by atoms with Gasteiger partial charge in [-0.1, -0.05) is 12.1 Å².